The number of H-pyrrole nitrogens is 1. The first kappa shape index (κ1) is 16.6. The van der Waals surface area contributed by atoms with E-state index in [4.69, 9.17) is 0 Å². The topological polar surface area (TPSA) is 74.0 Å². The minimum Gasteiger partial charge on any atom is -0.361 e. The van der Waals surface area contributed by atoms with Crippen molar-refractivity contribution in [2.24, 2.45) is 0 Å². The average Bonchev–Trinajstić information content (AvgIpc) is 3.09. The Hall–Kier alpha value is -3.29. The van der Waals surface area contributed by atoms with Crippen LogP contribution in [0.25, 0.3) is 10.9 Å². The van der Waals surface area contributed by atoms with Crippen LogP contribution in [0.2, 0.25) is 0 Å². The molecule has 0 fully saturated rings. The predicted octanol–water partition coefficient (Wildman–Crippen LogP) is 2.95. The zero-order valence-electron chi connectivity index (χ0n) is 12.7. The van der Waals surface area contributed by atoms with E-state index in [1.807, 2.05) is 0 Å². The molecular formula is C17H12F3N3O2. The lowest BCUT2D eigenvalue weighted by Gasteiger charge is -2.09. The molecule has 2 aromatic carbocycles. The van der Waals surface area contributed by atoms with Gasteiger partial charge in [0.2, 0.25) is 5.91 Å². The molecule has 0 aliphatic rings. The number of benzene rings is 2. The number of nitrogens with one attached hydrogen (secondary N) is 3. The maximum atomic E-state index is 13.5. The van der Waals surface area contributed by atoms with Crippen LogP contribution in [0.5, 0.6) is 0 Å². The van der Waals surface area contributed by atoms with E-state index in [1.165, 1.54) is 0 Å². The van der Waals surface area contributed by atoms with Crippen LogP contribution in [-0.4, -0.2) is 23.3 Å². The number of hydrogen-bond acceptors (Lipinski definition) is 2. The standard InChI is InChI=1S/C17H12F3N3O2/c18-11-4-5-13(16(20)15(11)19)23-14(24)8-22-17(25)10-2-1-3-12-9(10)6-7-21-12/h1-7,21H,8H2,(H,22,25)(H,23,24). The molecule has 3 N–H and O–H groups in total. The molecule has 1 aromatic heterocycles. The number of aromatic nitrogens is 1. The average molecular weight is 347 g/mol. The molecule has 128 valence electrons. The van der Waals surface area contributed by atoms with E-state index < -0.39 is 41.5 Å². The Morgan fingerprint density at radius 2 is 1.80 bits per heavy atom. The van der Waals surface area contributed by atoms with Crippen molar-refractivity contribution in [2.75, 3.05) is 11.9 Å². The highest BCUT2D eigenvalue weighted by atomic mass is 19.2. The summed E-state index contributed by atoms with van der Waals surface area (Å²) in [5.74, 6) is -5.81. The van der Waals surface area contributed by atoms with Crippen LogP contribution in [0.3, 0.4) is 0 Å². The van der Waals surface area contributed by atoms with Gasteiger partial charge in [-0.3, -0.25) is 9.59 Å². The van der Waals surface area contributed by atoms with Gasteiger partial charge >= 0.3 is 0 Å². The molecular weight excluding hydrogens is 335 g/mol. The Morgan fingerprint density at radius 1 is 1.00 bits per heavy atom. The maximum absolute atomic E-state index is 13.5. The summed E-state index contributed by atoms with van der Waals surface area (Å²) in [6.07, 6.45) is 1.68. The van der Waals surface area contributed by atoms with Crippen molar-refractivity contribution >= 4 is 28.4 Å². The summed E-state index contributed by atoms with van der Waals surface area (Å²) in [6, 6.07) is 8.39. The van der Waals surface area contributed by atoms with E-state index in [2.05, 4.69) is 15.6 Å². The number of aromatic amines is 1. The number of carbonyl (C=O) groups is 2. The number of hydrogen-bond donors (Lipinski definition) is 3. The minimum absolute atomic E-state index is 0.366. The minimum atomic E-state index is -1.68. The number of fused-ring (bicyclic) bond motifs is 1. The molecule has 0 saturated heterocycles. The monoisotopic (exact) mass is 347 g/mol. The van der Waals surface area contributed by atoms with Crippen LogP contribution in [0, 0.1) is 17.5 Å². The lowest BCUT2D eigenvalue weighted by atomic mass is 10.1. The first-order valence-electron chi connectivity index (χ1n) is 7.25. The highest BCUT2D eigenvalue weighted by Gasteiger charge is 2.16. The second-order valence-electron chi connectivity index (χ2n) is 5.20. The third-order valence-electron chi connectivity index (χ3n) is 3.56. The quantitative estimate of drug-likeness (QED) is 0.635. The van der Waals surface area contributed by atoms with Crippen molar-refractivity contribution in [1.29, 1.82) is 0 Å². The molecule has 0 aliphatic heterocycles. The van der Waals surface area contributed by atoms with Crippen molar-refractivity contribution in [3.63, 3.8) is 0 Å². The van der Waals surface area contributed by atoms with E-state index in [0.29, 0.717) is 17.0 Å². The molecule has 1 heterocycles. The van der Waals surface area contributed by atoms with Gasteiger partial charge in [0.05, 0.1) is 12.2 Å². The van der Waals surface area contributed by atoms with Gasteiger partial charge in [-0.25, -0.2) is 13.2 Å². The highest BCUT2D eigenvalue weighted by molar-refractivity contribution is 6.07. The second-order valence-corrected chi connectivity index (χ2v) is 5.20. The Balaban J connectivity index is 1.65. The molecule has 0 aliphatic carbocycles. The van der Waals surface area contributed by atoms with Gasteiger partial charge in [0.15, 0.2) is 17.5 Å². The van der Waals surface area contributed by atoms with Crippen LogP contribution in [0.1, 0.15) is 10.4 Å². The molecule has 0 atom stereocenters. The highest BCUT2D eigenvalue weighted by Crippen LogP contribution is 2.19. The van der Waals surface area contributed by atoms with Crippen molar-refractivity contribution < 1.29 is 22.8 Å². The Kier molecular flexibility index (Phi) is 4.42. The number of amides is 2. The van der Waals surface area contributed by atoms with Gasteiger partial charge in [-0.05, 0) is 30.3 Å². The van der Waals surface area contributed by atoms with Gasteiger partial charge < -0.3 is 15.6 Å². The van der Waals surface area contributed by atoms with Gasteiger partial charge in [0.1, 0.15) is 0 Å². The van der Waals surface area contributed by atoms with E-state index >= 15 is 0 Å². The fraction of sp³-hybridized carbons (Fsp3) is 0.0588. The molecule has 0 bridgehead atoms. The van der Waals surface area contributed by atoms with Crippen molar-refractivity contribution in [2.45, 2.75) is 0 Å². The van der Waals surface area contributed by atoms with Crippen LogP contribution in [0.4, 0.5) is 18.9 Å². The number of halogens is 3. The number of carbonyl (C=O) groups excluding carboxylic acids is 2. The molecule has 0 spiro atoms. The van der Waals surface area contributed by atoms with Gasteiger partial charge in [0.25, 0.3) is 5.91 Å². The van der Waals surface area contributed by atoms with Gasteiger partial charge in [-0.2, -0.15) is 0 Å². The van der Waals surface area contributed by atoms with E-state index in [1.54, 1.807) is 30.5 Å². The third kappa shape index (κ3) is 3.32. The summed E-state index contributed by atoms with van der Waals surface area (Å²) < 4.78 is 39.5. The largest absolute Gasteiger partial charge is 0.361 e. The lowest BCUT2D eigenvalue weighted by molar-refractivity contribution is -0.115. The van der Waals surface area contributed by atoms with Crippen molar-refractivity contribution in [3.05, 3.63) is 65.6 Å². The van der Waals surface area contributed by atoms with E-state index in [9.17, 15) is 22.8 Å². The van der Waals surface area contributed by atoms with Gasteiger partial charge in [0, 0.05) is 22.7 Å². The Morgan fingerprint density at radius 3 is 2.60 bits per heavy atom. The lowest BCUT2D eigenvalue weighted by Crippen LogP contribution is -2.33. The predicted molar refractivity (Wildman–Crippen MR) is 85.6 cm³/mol. The van der Waals surface area contributed by atoms with Crippen LogP contribution >= 0.6 is 0 Å². The number of anilines is 1. The Bertz CT molecular complexity index is 969. The summed E-state index contributed by atoms with van der Waals surface area (Å²) in [6.45, 7) is -0.460. The van der Waals surface area contributed by atoms with Gasteiger partial charge in [-0.1, -0.05) is 6.07 Å². The molecule has 0 saturated carbocycles. The molecule has 5 nitrogen and oxygen atoms in total. The molecule has 2 amide bonds. The molecule has 3 aromatic rings. The van der Waals surface area contributed by atoms with E-state index in [-0.39, 0.29) is 0 Å². The van der Waals surface area contributed by atoms with Crippen LogP contribution in [-0.2, 0) is 4.79 Å². The summed E-state index contributed by atoms with van der Waals surface area (Å²) in [7, 11) is 0. The first-order chi connectivity index (χ1) is 12.0. The molecule has 3 rings (SSSR count). The fourth-order valence-electron chi connectivity index (χ4n) is 2.36. The fourth-order valence-corrected chi connectivity index (χ4v) is 2.36. The van der Waals surface area contributed by atoms with Gasteiger partial charge in [-0.15, -0.1) is 0 Å². The SMILES string of the molecule is O=C(CNC(=O)c1cccc2[nH]ccc12)Nc1ccc(F)c(F)c1F. The zero-order valence-corrected chi connectivity index (χ0v) is 12.7. The first-order valence-corrected chi connectivity index (χ1v) is 7.25. The van der Waals surface area contributed by atoms with E-state index in [0.717, 1.165) is 11.6 Å². The van der Waals surface area contributed by atoms with Crippen LogP contribution in [0.15, 0.2) is 42.6 Å². The smallest absolute Gasteiger partial charge is 0.252 e. The maximum Gasteiger partial charge on any atom is 0.252 e. The molecule has 0 unspecified atom stereocenters. The van der Waals surface area contributed by atoms with Crippen molar-refractivity contribution in [1.82, 2.24) is 10.3 Å². The van der Waals surface area contributed by atoms with Crippen molar-refractivity contribution in [3.8, 4) is 0 Å². The Labute approximate surface area is 139 Å². The van der Waals surface area contributed by atoms with Crippen LogP contribution < -0.4 is 10.6 Å². The summed E-state index contributed by atoms with van der Waals surface area (Å²) >= 11 is 0. The normalized spacial score (nSPS) is 10.7. The number of rotatable bonds is 4. The molecule has 25 heavy (non-hydrogen) atoms. The summed E-state index contributed by atoms with van der Waals surface area (Å²) in [5, 5.41) is 5.15. The molecule has 0 radical (unpaired) electrons. The zero-order chi connectivity index (χ0) is 18.0. The summed E-state index contributed by atoms with van der Waals surface area (Å²) in [5.41, 5.74) is 0.623. The molecule has 8 heteroatoms. The third-order valence-corrected chi connectivity index (χ3v) is 3.56. The summed E-state index contributed by atoms with van der Waals surface area (Å²) in [4.78, 5) is 26.9. The second kappa shape index (κ2) is 6.68.